The third-order valence-electron chi connectivity index (χ3n) is 16.5. The van der Waals surface area contributed by atoms with Gasteiger partial charge >= 0.3 is 0 Å². The van der Waals surface area contributed by atoms with Crippen LogP contribution in [-0.4, -0.2) is 112 Å². The summed E-state index contributed by atoms with van der Waals surface area (Å²) >= 11 is 1.70. The van der Waals surface area contributed by atoms with Gasteiger partial charge < -0.3 is 50.6 Å². The number of Topliss-reactive ketones (excluding diaryl/α,β-unsaturated/α-hetero) is 2. The van der Waals surface area contributed by atoms with Gasteiger partial charge in [0, 0.05) is 116 Å². The number of aromatic nitrogens is 8. The van der Waals surface area contributed by atoms with Crippen molar-refractivity contribution in [2.24, 2.45) is 5.73 Å². The van der Waals surface area contributed by atoms with Gasteiger partial charge in [0.15, 0.2) is 0 Å². The zero-order chi connectivity index (χ0) is 63.6. The average molecular weight is 1240 g/mol. The second kappa shape index (κ2) is 31.9. The van der Waals surface area contributed by atoms with Crippen LogP contribution in [0.3, 0.4) is 0 Å². The van der Waals surface area contributed by atoms with Crippen LogP contribution in [-0.2, 0) is 48.8 Å². The third-order valence-corrected chi connectivity index (χ3v) is 17.6. The fourth-order valence-electron chi connectivity index (χ4n) is 11.9. The van der Waals surface area contributed by atoms with Crippen LogP contribution in [0.4, 0.5) is 11.4 Å². The highest BCUT2D eigenvalue weighted by Crippen LogP contribution is 2.34. The molecule has 474 valence electrons. The molecule has 11 aromatic rings. The Hall–Kier alpha value is -8.66. The van der Waals surface area contributed by atoms with E-state index < -0.39 is 0 Å². The summed E-state index contributed by atoms with van der Waals surface area (Å²) in [5, 5.41) is 50.8. The minimum Gasteiger partial charge on any atom is -0.395 e. The number of thiophene rings is 1. The Balaban J connectivity index is 0.000000201. The number of carbonyl (C=O) groups is 2. The van der Waals surface area contributed by atoms with Crippen molar-refractivity contribution in [1.29, 1.82) is 0 Å². The summed E-state index contributed by atoms with van der Waals surface area (Å²) in [6.45, 7) is 14.1. The Bertz CT molecular complexity index is 4090. The van der Waals surface area contributed by atoms with Crippen LogP contribution in [0.15, 0.2) is 158 Å². The van der Waals surface area contributed by atoms with Crippen LogP contribution in [0, 0.1) is 0 Å². The molecule has 11 rings (SSSR count). The minimum atomic E-state index is -0.152. The number of H-pyrrole nitrogens is 2. The van der Waals surface area contributed by atoms with Gasteiger partial charge in [0.1, 0.15) is 23.2 Å². The molecule has 0 aliphatic heterocycles. The topological polar surface area (TPSA) is 244 Å². The lowest BCUT2D eigenvalue weighted by Crippen LogP contribution is -2.29. The van der Waals surface area contributed by atoms with E-state index in [4.69, 9.17) is 15.7 Å². The number of aliphatic hydroxyl groups is 3. The van der Waals surface area contributed by atoms with Gasteiger partial charge in [-0.05, 0) is 177 Å². The largest absolute Gasteiger partial charge is 0.395 e. The molecule has 5 aromatic heterocycles. The molecule has 0 bridgehead atoms. The van der Waals surface area contributed by atoms with Crippen LogP contribution < -0.4 is 26.2 Å². The summed E-state index contributed by atoms with van der Waals surface area (Å²) in [6, 6.07) is 49.8. The molecular weight excluding hydrogens is 1160 g/mol. The average Bonchev–Trinajstić information content (AvgIpc) is 1.66. The van der Waals surface area contributed by atoms with E-state index in [1.165, 1.54) is 16.1 Å². The summed E-state index contributed by atoms with van der Waals surface area (Å²) in [5.74, 6) is 2.04. The van der Waals surface area contributed by atoms with E-state index in [0.29, 0.717) is 45.6 Å². The van der Waals surface area contributed by atoms with E-state index in [0.717, 1.165) is 146 Å². The number of anilines is 2. The number of hydrogen-bond donors (Lipinski definition) is 8. The second-order valence-electron chi connectivity index (χ2n) is 23.3. The van der Waals surface area contributed by atoms with E-state index in [2.05, 4.69) is 156 Å². The van der Waals surface area contributed by atoms with Crippen molar-refractivity contribution in [2.45, 2.75) is 111 Å². The molecule has 18 nitrogen and oxygen atoms in total. The molecule has 6 aromatic carbocycles. The number of aryl methyl sites for hydroxylation is 3. The first-order valence-corrected chi connectivity index (χ1v) is 32.6. The normalized spacial score (nSPS) is 12.2. The summed E-state index contributed by atoms with van der Waals surface area (Å²) in [5.41, 5.74) is 21.3. The number of rotatable bonds is 32. The predicted molar refractivity (Wildman–Crippen MR) is 367 cm³/mol. The highest BCUT2D eigenvalue weighted by atomic mass is 32.1. The molecule has 2 unspecified atom stereocenters. The summed E-state index contributed by atoms with van der Waals surface area (Å²) in [6.07, 6.45) is 8.22. The highest BCUT2D eigenvalue weighted by molar-refractivity contribution is 7.15. The molecule has 0 amide bonds. The van der Waals surface area contributed by atoms with Crippen molar-refractivity contribution in [3.05, 3.63) is 191 Å². The third kappa shape index (κ3) is 16.7. The van der Waals surface area contributed by atoms with Crippen molar-refractivity contribution in [3.63, 3.8) is 0 Å². The molecule has 0 radical (unpaired) electrons. The number of aromatic amines is 2. The van der Waals surface area contributed by atoms with E-state index in [1.54, 1.807) is 31.4 Å². The van der Waals surface area contributed by atoms with Crippen molar-refractivity contribution < 1.29 is 24.9 Å². The number of fused-ring (bicyclic) bond motifs is 3. The molecule has 0 spiro atoms. The standard InChI is InChI=1S/C40H46N6O2.C32H39N7O3S/c1-4-19-45(20-5-2)35-14-11-32(12-15-35)40-43-38-24-33(13-17-39(38)46(40)21-18-29-6-8-30(27-47)9-7-29)37(22-28(3)48)41-25-31-10-16-36-34(23-31)26-42-44-36;1-22(42)19-28(34-21-26-8-10-31(43-26)27-11-13-35-37-27)24-5-9-30-29(20-24)36-32(39(30)14-2-12-33)23-3-6-25(7-4-23)38(15-17-40)16-18-41/h6-17,23-24,26,37,41,47H,4-5,18-22,25,27H2,1-3H3,(H,42,44);3-11,13,20,28,34,40-41H,2,12,14-19,21,33H2,1H3,(H,35,37). The summed E-state index contributed by atoms with van der Waals surface area (Å²) in [4.78, 5) is 41.7. The monoisotopic (exact) mass is 1240 g/mol. The van der Waals surface area contributed by atoms with E-state index in [-0.39, 0.29) is 43.5 Å². The molecule has 9 N–H and O–H groups in total. The smallest absolute Gasteiger partial charge is 0.141 e. The number of nitrogens with zero attached hydrogens (tertiary/aromatic N) is 8. The lowest BCUT2D eigenvalue weighted by Gasteiger charge is -2.24. The summed E-state index contributed by atoms with van der Waals surface area (Å²) in [7, 11) is 0. The molecule has 0 fully saturated rings. The van der Waals surface area contributed by atoms with E-state index in [9.17, 15) is 24.9 Å². The molecule has 0 saturated heterocycles. The number of nitrogens with two attached hydrogens (primary N) is 1. The Labute approximate surface area is 536 Å². The van der Waals surface area contributed by atoms with Crippen molar-refractivity contribution >= 4 is 67.2 Å². The van der Waals surface area contributed by atoms with Gasteiger partial charge in [0.25, 0.3) is 0 Å². The zero-order valence-electron chi connectivity index (χ0n) is 52.6. The molecular formula is C72H85N13O5S. The molecule has 0 saturated carbocycles. The van der Waals surface area contributed by atoms with E-state index >= 15 is 0 Å². The number of imidazole rings is 2. The number of ketones is 2. The Morgan fingerprint density at radius 2 is 1.16 bits per heavy atom. The van der Waals surface area contributed by atoms with Crippen molar-refractivity contribution in [3.8, 4) is 33.3 Å². The van der Waals surface area contributed by atoms with E-state index in [1.807, 2.05) is 59.6 Å². The molecule has 2 atom stereocenters. The van der Waals surface area contributed by atoms with Gasteiger partial charge in [0.2, 0.25) is 0 Å². The fraction of sp³-hybridized carbons (Fsp3) is 0.333. The van der Waals surface area contributed by atoms with Crippen LogP contribution in [0.2, 0.25) is 0 Å². The highest BCUT2D eigenvalue weighted by Gasteiger charge is 2.22. The van der Waals surface area contributed by atoms with Crippen LogP contribution >= 0.6 is 11.3 Å². The van der Waals surface area contributed by atoms with Gasteiger partial charge in [-0.3, -0.25) is 19.8 Å². The van der Waals surface area contributed by atoms with Gasteiger partial charge in [-0.15, -0.1) is 11.3 Å². The fourth-order valence-corrected chi connectivity index (χ4v) is 12.8. The zero-order valence-corrected chi connectivity index (χ0v) is 53.4. The Morgan fingerprint density at radius 3 is 1.70 bits per heavy atom. The maximum absolute atomic E-state index is 12.4. The first kappa shape index (κ1) is 65.3. The lowest BCUT2D eigenvalue weighted by atomic mass is 10.0. The lowest BCUT2D eigenvalue weighted by molar-refractivity contribution is -0.118. The Kier molecular flexibility index (Phi) is 22.9. The molecule has 19 heteroatoms. The first-order chi connectivity index (χ1) is 44.4. The molecule has 91 heavy (non-hydrogen) atoms. The van der Waals surface area contributed by atoms with Crippen molar-refractivity contribution in [1.82, 2.24) is 50.1 Å². The number of aliphatic hydroxyl groups excluding tert-OH is 3. The number of nitrogens with one attached hydrogen (secondary N) is 4. The maximum atomic E-state index is 12.4. The maximum Gasteiger partial charge on any atom is 0.141 e. The van der Waals surface area contributed by atoms with Gasteiger partial charge in [-0.25, -0.2) is 9.97 Å². The first-order valence-electron chi connectivity index (χ1n) is 31.7. The van der Waals surface area contributed by atoms with Crippen LogP contribution in [0.25, 0.3) is 66.3 Å². The molecule has 0 aliphatic carbocycles. The number of benzene rings is 6. The molecule has 0 aliphatic rings. The SMILES string of the molecule is CC(=O)CC(NCc1ccc(-c2ccn[nH]2)s1)c1ccc2c(c1)nc(-c1ccc(N(CCO)CCO)cc1)n2CCCN.CCCN(CCC)c1ccc(-c2nc3cc(C(CC(C)=O)NCc4ccc5[nH]ncc5c4)ccc3n2CCc2ccc(CO)cc2)cc1. The number of hydrogen-bond acceptors (Lipinski definition) is 15. The minimum absolute atomic E-state index is 0.0119. The second-order valence-corrected chi connectivity index (χ2v) is 24.4. The predicted octanol–water partition coefficient (Wildman–Crippen LogP) is 11.9. The van der Waals surface area contributed by atoms with Gasteiger partial charge in [-0.1, -0.05) is 56.3 Å². The quantitative estimate of drug-likeness (QED) is 0.0196. The number of carbonyl (C=O) groups excluding carboxylic acids is 2. The molecule has 5 heterocycles. The van der Waals surface area contributed by atoms with Gasteiger partial charge in [-0.2, -0.15) is 10.2 Å². The Morgan fingerprint density at radius 1 is 0.604 bits per heavy atom. The van der Waals surface area contributed by atoms with Crippen LogP contribution in [0.5, 0.6) is 0 Å². The van der Waals surface area contributed by atoms with Gasteiger partial charge in [0.05, 0.1) is 64.2 Å². The summed E-state index contributed by atoms with van der Waals surface area (Å²) < 4.78 is 4.52. The van der Waals surface area contributed by atoms with Crippen molar-refractivity contribution in [2.75, 3.05) is 55.7 Å². The van der Waals surface area contributed by atoms with Crippen LogP contribution in [0.1, 0.15) is 105 Å².